The third-order valence-electron chi connectivity index (χ3n) is 4.51. The molecule has 3 heteroatoms. The first-order valence-corrected chi connectivity index (χ1v) is 6.31. The number of hydrogen-bond donors (Lipinski definition) is 2. The Morgan fingerprint density at radius 1 is 1.31 bits per heavy atom. The summed E-state index contributed by atoms with van der Waals surface area (Å²) in [6, 6.07) is -0.0765. The highest BCUT2D eigenvalue weighted by Crippen LogP contribution is 2.62. The van der Waals surface area contributed by atoms with Crippen molar-refractivity contribution in [3.05, 3.63) is 0 Å². The average Bonchev–Trinajstić information content (AvgIpc) is 2.57. The van der Waals surface area contributed by atoms with Crippen LogP contribution in [0.4, 0.5) is 0 Å². The van der Waals surface area contributed by atoms with Crippen LogP contribution >= 0.6 is 0 Å². The quantitative estimate of drug-likeness (QED) is 0.754. The fourth-order valence-electron chi connectivity index (χ4n) is 2.36. The molecule has 1 amide bonds. The van der Waals surface area contributed by atoms with Gasteiger partial charge in [0, 0.05) is 6.04 Å². The molecule has 0 aromatic rings. The minimum Gasteiger partial charge on any atom is -0.351 e. The van der Waals surface area contributed by atoms with E-state index in [1.165, 1.54) is 0 Å². The zero-order valence-corrected chi connectivity index (χ0v) is 11.3. The van der Waals surface area contributed by atoms with Gasteiger partial charge in [0.2, 0.25) is 5.91 Å². The Morgan fingerprint density at radius 2 is 1.81 bits per heavy atom. The molecule has 1 aliphatic rings. The van der Waals surface area contributed by atoms with E-state index in [0.29, 0.717) is 0 Å². The summed E-state index contributed by atoms with van der Waals surface area (Å²) in [4.78, 5) is 11.8. The highest BCUT2D eigenvalue weighted by Gasteiger charge is 2.65. The van der Waals surface area contributed by atoms with Crippen LogP contribution in [0.2, 0.25) is 0 Å². The number of amides is 1. The third kappa shape index (κ3) is 2.24. The second-order valence-electron chi connectivity index (χ2n) is 6.13. The number of carbonyl (C=O) groups is 1. The normalized spacial score (nSPS) is 23.9. The van der Waals surface area contributed by atoms with Crippen LogP contribution in [0.25, 0.3) is 0 Å². The summed E-state index contributed by atoms with van der Waals surface area (Å²) in [6.45, 7) is 10.9. The van der Waals surface area contributed by atoms with Gasteiger partial charge in [-0.1, -0.05) is 47.5 Å². The third-order valence-corrected chi connectivity index (χ3v) is 4.51. The lowest BCUT2D eigenvalue weighted by molar-refractivity contribution is -0.122. The average molecular weight is 226 g/mol. The lowest BCUT2D eigenvalue weighted by Crippen LogP contribution is -2.43. The van der Waals surface area contributed by atoms with Crippen molar-refractivity contribution in [3.63, 3.8) is 0 Å². The first-order valence-electron chi connectivity index (χ1n) is 6.31. The standard InChI is InChI=1S/C13H26N2O/c1-6-7-8-9(14)10(16)15-11-12(2,3)13(11,4)5/h9,11H,6-8,14H2,1-5H3,(H,15,16)/t9-/m0/s1. The van der Waals surface area contributed by atoms with Crippen LogP contribution < -0.4 is 11.1 Å². The predicted octanol–water partition coefficient (Wildman–Crippen LogP) is 2.05. The number of carbonyl (C=O) groups excluding carboxylic acids is 1. The topological polar surface area (TPSA) is 55.1 Å². The van der Waals surface area contributed by atoms with E-state index in [1.54, 1.807) is 0 Å². The molecule has 0 bridgehead atoms. The van der Waals surface area contributed by atoms with E-state index < -0.39 is 0 Å². The lowest BCUT2D eigenvalue weighted by Gasteiger charge is -2.12. The van der Waals surface area contributed by atoms with Crippen LogP contribution in [-0.2, 0) is 4.79 Å². The minimum atomic E-state index is -0.341. The molecule has 3 nitrogen and oxygen atoms in total. The van der Waals surface area contributed by atoms with E-state index in [-0.39, 0.29) is 28.8 Å². The largest absolute Gasteiger partial charge is 0.351 e. The molecule has 0 spiro atoms. The Kier molecular flexibility index (Phi) is 3.68. The van der Waals surface area contributed by atoms with Crippen molar-refractivity contribution in [1.29, 1.82) is 0 Å². The molecule has 94 valence electrons. The molecule has 0 aromatic heterocycles. The van der Waals surface area contributed by atoms with Crippen LogP contribution in [0.5, 0.6) is 0 Å². The number of nitrogens with one attached hydrogen (secondary N) is 1. The first-order chi connectivity index (χ1) is 7.25. The number of rotatable bonds is 5. The zero-order chi connectivity index (χ0) is 12.6. The van der Waals surface area contributed by atoms with Gasteiger partial charge < -0.3 is 11.1 Å². The van der Waals surface area contributed by atoms with Crippen LogP contribution in [0.1, 0.15) is 53.9 Å². The van der Waals surface area contributed by atoms with Crippen LogP contribution in [-0.4, -0.2) is 18.0 Å². The molecule has 1 aliphatic carbocycles. The summed E-state index contributed by atoms with van der Waals surface area (Å²) in [7, 11) is 0. The molecule has 0 radical (unpaired) electrons. The van der Waals surface area contributed by atoms with Crippen LogP contribution in [0.3, 0.4) is 0 Å². The number of unbranched alkanes of at least 4 members (excludes halogenated alkanes) is 1. The van der Waals surface area contributed by atoms with Gasteiger partial charge in [-0.05, 0) is 17.3 Å². The molecule has 1 saturated carbocycles. The summed E-state index contributed by atoms with van der Waals surface area (Å²) >= 11 is 0. The van der Waals surface area contributed by atoms with Gasteiger partial charge in [-0.3, -0.25) is 4.79 Å². The predicted molar refractivity (Wildman–Crippen MR) is 67.0 cm³/mol. The van der Waals surface area contributed by atoms with Gasteiger partial charge in [0.25, 0.3) is 0 Å². The molecule has 1 fully saturated rings. The molecular weight excluding hydrogens is 200 g/mol. The van der Waals surface area contributed by atoms with Crippen molar-refractivity contribution >= 4 is 5.91 Å². The second kappa shape index (κ2) is 4.36. The van der Waals surface area contributed by atoms with Gasteiger partial charge in [0.05, 0.1) is 6.04 Å². The monoisotopic (exact) mass is 226 g/mol. The van der Waals surface area contributed by atoms with E-state index in [9.17, 15) is 4.79 Å². The van der Waals surface area contributed by atoms with Gasteiger partial charge in [0.1, 0.15) is 0 Å². The van der Waals surface area contributed by atoms with Crippen LogP contribution in [0.15, 0.2) is 0 Å². The fraction of sp³-hybridized carbons (Fsp3) is 0.923. The molecule has 16 heavy (non-hydrogen) atoms. The van der Waals surface area contributed by atoms with E-state index in [0.717, 1.165) is 19.3 Å². The molecular formula is C13H26N2O. The molecule has 0 aliphatic heterocycles. The lowest BCUT2D eigenvalue weighted by atomic mass is 10.0. The Bertz CT molecular complexity index is 257. The molecule has 0 unspecified atom stereocenters. The zero-order valence-electron chi connectivity index (χ0n) is 11.3. The Morgan fingerprint density at radius 3 is 2.19 bits per heavy atom. The van der Waals surface area contributed by atoms with E-state index in [4.69, 9.17) is 5.73 Å². The van der Waals surface area contributed by atoms with Crippen molar-refractivity contribution in [2.24, 2.45) is 16.6 Å². The molecule has 0 heterocycles. The van der Waals surface area contributed by atoms with Crippen molar-refractivity contribution in [1.82, 2.24) is 5.32 Å². The highest BCUT2D eigenvalue weighted by atomic mass is 16.2. The summed E-state index contributed by atoms with van der Waals surface area (Å²) in [5.74, 6) is 0.0112. The maximum absolute atomic E-state index is 11.8. The number of nitrogens with two attached hydrogens (primary N) is 1. The molecule has 1 rings (SSSR count). The van der Waals surface area contributed by atoms with Crippen molar-refractivity contribution in [3.8, 4) is 0 Å². The molecule has 3 N–H and O–H groups in total. The van der Waals surface area contributed by atoms with Gasteiger partial charge in [-0.15, -0.1) is 0 Å². The molecule has 0 saturated heterocycles. The van der Waals surface area contributed by atoms with Crippen molar-refractivity contribution in [2.75, 3.05) is 0 Å². The van der Waals surface area contributed by atoms with Crippen molar-refractivity contribution in [2.45, 2.75) is 66.0 Å². The fourth-order valence-corrected chi connectivity index (χ4v) is 2.36. The summed E-state index contributed by atoms with van der Waals surface area (Å²) in [6.07, 6.45) is 2.89. The van der Waals surface area contributed by atoms with Gasteiger partial charge >= 0.3 is 0 Å². The number of hydrogen-bond acceptors (Lipinski definition) is 2. The molecule has 1 atom stereocenters. The minimum absolute atomic E-state index is 0.0112. The van der Waals surface area contributed by atoms with E-state index in [1.807, 2.05) is 0 Å². The summed E-state index contributed by atoms with van der Waals surface area (Å²) < 4.78 is 0. The Hall–Kier alpha value is -0.570. The van der Waals surface area contributed by atoms with Crippen LogP contribution in [0, 0.1) is 10.8 Å². The maximum atomic E-state index is 11.8. The Balaban J connectivity index is 2.42. The smallest absolute Gasteiger partial charge is 0.237 e. The second-order valence-corrected chi connectivity index (χ2v) is 6.13. The Labute approximate surface area is 99.2 Å². The maximum Gasteiger partial charge on any atom is 0.237 e. The SMILES string of the molecule is CCCC[C@H](N)C(=O)NC1C(C)(C)C1(C)C. The molecule has 0 aromatic carbocycles. The van der Waals surface area contributed by atoms with Gasteiger partial charge in [0.15, 0.2) is 0 Å². The van der Waals surface area contributed by atoms with E-state index in [2.05, 4.69) is 39.9 Å². The summed E-state index contributed by atoms with van der Waals surface area (Å²) in [5, 5.41) is 3.08. The van der Waals surface area contributed by atoms with Crippen molar-refractivity contribution < 1.29 is 4.79 Å². The van der Waals surface area contributed by atoms with Gasteiger partial charge in [-0.2, -0.15) is 0 Å². The highest BCUT2D eigenvalue weighted by molar-refractivity contribution is 5.82. The summed E-state index contributed by atoms with van der Waals surface area (Å²) in [5.41, 5.74) is 6.22. The first kappa shape index (κ1) is 13.5. The van der Waals surface area contributed by atoms with E-state index >= 15 is 0 Å². The van der Waals surface area contributed by atoms with Gasteiger partial charge in [-0.25, -0.2) is 0 Å².